The van der Waals surface area contributed by atoms with Crippen LogP contribution in [0.25, 0.3) is 0 Å². The third kappa shape index (κ3) is 2.29. The van der Waals surface area contributed by atoms with Crippen molar-refractivity contribution in [2.45, 2.75) is 32.2 Å². The van der Waals surface area contributed by atoms with Gasteiger partial charge >= 0.3 is 0 Å². The molecule has 1 heterocycles. The maximum atomic E-state index is 11.6. The van der Waals surface area contributed by atoms with Gasteiger partial charge in [-0.05, 0) is 44.5 Å². The largest absolute Gasteiger partial charge is 0.359 e. The lowest BCUT2D eigenvalue weighted by Crippen LogP contribution is -2.50. The fraction of sp³-hybridized carbons (Fsp3) is 0.462. The van der Waals surface area contributed by atoms with Crippen molar-refractivity contribution in [2.75, 3.05) is 11.4 Å². The Hall–Kier alpha value is -0.830. The summed E-state index contributed by atoms with van der Waals surface area (Å²) >= 11 is 3.42. The van der Waals surface area contributed by atoms with E-state index in [1.807, 2.05) is 12.1 Å². The molecule has 0 aromatic heterocycles. The molecule has 16 heavy (non-hydrogen) atoms. The van der Waals surface area contributed by atoms with E-state index in [4.69, 9.17) is 0 Å². The van der Waals surface area contributed by atoms with Crippen molar-refractivity contribution in [3.8, 4) is 0 Å². The zero-order valence-corrected chi connectivity index (χ0v) is 11.3. The van der Waals surface area contributed by atoms with Crippen LogP contribution in [0.15, 0.2) is 28.7 Å². The van der Waals surface area contributed by atoms with Gasteiger partial charge in [-0.25, -0.2) is 0 Å². The Morgan fingerprint density at radius 2 is 1.88 bits per heavy atom. The second-order valence-electron chi connectivity index (χ2n) is 4.91. The van der Waals surface area contributed by atoms with Crippen LogP contribution in [0, 0.1) is 0 Å². The summed E-state index contributed by atoms with van der Waals surface area (Å²) < 4.78 is 1.07. The van der Waals surface area contributed by atoms with Gasteiger partial charge in [0.1, 0.15) is 0 Å². The number of Topliss-reactive ketones (excluding diaryl/α,β-unsaturated/α-hetero) is 1. The predicted octanol–water partition coefficient (Wildman–Crippen LogP) is 3.40. The van der Waals surface area contributed by atoms with Gasteiger partial charge in [0.2, 0.25) is 0 Å². The summed E-state index contributed by atoms with van der Waals surface area (Å²) in [7, 11) is 0. The molecule has 1 fully saturated rings. The summed E-state index contributed by atoms with van der Waals surface area (Å²) in [6.07, 6.45) is 1.64. The molecule has 1 aliphatic rings. The number of nitrogens with zero attached hydrogens (tertiary/aromatic N) is 1. The van der Waals surface area contributed by atoms with Crippen LogP contribution in [0.4, 0.5) is 5.69 Å². The molecule has 0 spiro atoms. The summed E-state index contributed by atoms with van der Waals surface area (Å²) in [5, 5.41) is 0. The normalized spacial score (nSPS) is 19.9. The Bertz CT molecular complexity index is 397. The van der Waals surface area contributed by atoms with Crippen molar-refractivity contribution in [2.24, 2.45) is 0 Å². The highest BCUT2D eigenvalue weighted by Crippen LogP contribution is 2.31. The highest BCUT2D eigenvalue weighted by atomic mass is 79.9. The zero-order chi connectivity index (χ0) is 11.8. The predicted molar refractivity (Wildman–Crippen MR) is 69.8 cm³/mol. The zero-order valence-electron chi connectivity index (χ0n) is 9.66. The number of carbonyl (C=O) groups excluding carboxylic acids is 1. The number of hydrogen-bond acceptors (Lipinski definition) is 2. The summed E-state index contributed by atoms with van der Waals surface area (Å²) in [6.45, 7) is 4.93. The van der Waals surface area contributed by atoms with Crippen LogP contribution in [-0.2, 0) is 4.79 Å². The van der Waals surface area contributed by atoms with Crippen molar-refractivity contribution in [3.05, 3.63) is 28.7 Å². The molecule has 0 N–H and O–H groups in total. The fourth-order valence-corrected chi connectivity index (χ4v) is 2.38. The molecule has 0 amide bonds. The molecule has 1 aromatic rings. The van der Waals surface area contributed by atoms with Gasteiger partial charge in [-0.1, -0.05) is 15.9 Å². The summed E-state index contributed by atoms with van der Waals surface area (Å²) in [4.78, 5) is 13.8. The van der Waals surface area contributed by atoms with E-state index < -0.39 is 0 Å². The molecular formula is C13H16BrNO. The van der Waals surface area contributed by atoms with E-state index in [0.717, 1.165) is 16.6 Å². The molecule has 1 aromatic carbocycles. The Morgan fingerprint density at radius 3 is 2.50 bits per heavy atom. The summed E-state index contributed by atoms with van der Waals surface area (Å²) in [5.74, 6) is 0.335. The van der Waals surface area contributed by atoms with E-state index in [0.29, 0.717) is 18.7 Å². The van der Waals surface area contributed by atoms with Crippen molar-refractivity contribution >= 4 is 27.4 Å². The van der Waals surface area contributed by atoms with E-state index in [1.54, 1.807) is 0 Å². The average Bonchev–Trinajstić information content (AvgIpc) is 2.23. The Morgan fingerprint density at radius 1 is 1.25 bits per heavy atom. The Balaban J connectivity index is 2.30. The molecule has 0 saturated carbocycles. The lowest BCUT2D eigenvalue weighted by Gasteiger charge is -2.43. The molecule has 2 nitrogen and oxygen atoms in total. The van der Waals surface area contributed by atoms with Crippen LogP contribution >= 0.6 is 15.9 Å². The van der Waals surface area contributed by atoms with Crippen molar-refractivity contribution in [1.82, 2.24) is 0 Å². The van der Waals surface area contributed by atoms with Crippen molar-refractivity contribution in [1.29, 1.82) is 0 Å². The molecule has 3 heteroatoms. The number of halogens is 1. The van der Waals surface area contributed by atoms with E-state index in [9.17, 15) is 4.79 Å². The minimum Gasteiger partial charge on any atom is -0.359 e. The monoisotopic (exact) mass is 281 g/mol. The first-order valence-electron chi connectivity index (χ1n) is 5.54. The lowest BCUT2D eigenvalue weighted by molar-refractivity contribution is -0.119. The molecule has 0 bridgehead atoms. The first-order valence-corrected chi connectivity index (χ1v) is 6.33. The topological polar surface area (TPSA) is 20.3 Å². The van der Waals surface area contributed by atoms with Gasteiger partial charge in [0.05, 0.1) is 6.54 Å². The average molecular weight is 282 g/mol. The van der Waals surface area contributed by atoms with Gasteiger partial charge in [-0.15, -0.1) is 0 Å². The minimum atomic E-state index is 0.0712. The number of rotatable bonds is 1. The standard InChI is InChI=1S/C13H16BrNO/c1-13(2)8-7-12(16)9-15(13)11-5-3-10(14)4-6-11/h3-6H,7-9H2,1-2H3. The van der Waals surface area contributed by atoms with Gasteiger partial charge in [-0.3, -0.25) is 4.79 Å². The Labute approximate surface area is 105 Å². The number of ketones is 1. The van der Waals surface area contributed by atoms with E-state index >= 15 is 0 Å². The molecule has 86 valence electrons. The molecule has 0 radical (unpaired) electrons. The van der Waals surface area contributed by atoms with Crippen LogP contribution in [0.5, 0.6) is 0 Å². The summed E-state index contributed by atoms with van der Waals surface area (Å²) in [5.41, 5.74) is 1.20. The van der Waals surface area contributed by atoms with Gasteiger partial charge in [0.15, 0.2) is 5.78 Å². The van der Waals surface area contributed by atoms with Crippen LogP contribution < -0.4 is 4.90 Å². The maximum Gasteiger partial charge on any atom is 0.152 e. The molecule has 1 aliphatic heterocycles. The first-order chi connectivity index (χ1) is 7.49. The lowest BCUT2D eigenvalue weighted by atomic mass is 9.89. The van der Waals surface area contributed by atoms with E-state index in [-0.39, 0.29) is 5.54 Å². The van der Waals surface area contributed by atoms with E-state index in [1.165, 1.54) is 0 Å². The smallest absolute Gasteiger partial charge is 0.152 e. The van der Waals surface area contributed by atoms with Crippen LogP contribution in [0.2, 0.25) is 0 Å². The van der Waals surface area contributed by atoms with Gasteiger partial charge in [0, 0.05) is 22.1 Å². The van der Waals surface area contributed by atoms with Gasteiger partial charge in [0.25, 0.3) is 0 Å². The molecule has 0 unspecified atom stereocenters. The number of benzene rings is 1. The minimum absolute atomic E-state index is 0.0712. The molecule has 2 rings (SSSR count). The maximum absolute atomic E-state index is 11.6. The number of piperidine rings is 1. The number of anilines is 1. The molecule has 0 atom stereocenters. The number of hydrogen-bond donors (Lipinski definition) is 0. The highest BCUT2D eigenvalue weighted by molar-refractivity contribution is 9.10. The highest BCUT2D eigenvalue weighted by Gasteiger charge is 2.33. The third-order valence-electron chi connectivity index (χ3n) is 3.22. The second kappa shape index (κ2) is 4.21. The van der Waals surface area contributed by atoms with Gasteiger partial charge < -0.3 is 4.90 Å². The summed E-state index contributed by atoms with van der Waals surface area (Å²) in [6, 6.07) is 8.16. The molecule has 1 saturated heterocycles. The quantitative estimate of drug-likeness (QED) is 0.787. The van der Waals surface area contributed by atoms with Crippen LogP contribution in [0.1, 0.15) is 26.7 Å². The second-order valence-corrected chi connectivity index (χ2v) is 5.83. The third-order valence-corrected chi connectivity index (χ3v) is 3.75. The first kappa shape index (κ1) is 11.6. The van der Waals surface area contributed by atoms with Crippen LogP contribution in [0.3, 0.4) is 0 Å². The van der Waals surface area contributed by atoms with E-state index in [2.05, 4.69) is 46.8 Å². The van der Waals surface area contributed by atoms with Crippen LogP contribution in [-0.4, -0.2) is 17.9 Å². The fourth-order valence-electron chi connectivity index (χ4n) is 2.11. The van der Waals surface area contributed by atoms with Crippen molar-refractivity contribution < 1.29 is 4.79 Å². The molecule has 0 aliphatic carbocycles. The Kier molecular flexibility index (Phi) is 3.06. The molecular weight excluding hydrogens is 266 g/mol. The SMILES string of the molecule is CC1(C)CCC(=O)CN1c1ccc(Br)cc1. The van der Waals surface area contributed by atoms with Gasteiger partial charge in [-0.2, -0.15) is 0 Å². The number of carbonyl (C=O) groups is 1. The van der Waals surface area contributed by atoms with Crippen molar-refractivity contribution in [3.63, 3.8) is 0 Å².